The number of nitrogens with zero attached hydrogens (tertiary/aromatic N) is 1. The van der Waals surface area contributed by atoms with Gasteiger partial charge in [-0.3, -0.25) is 14.4 Å². The van der Waals surface area contributed by atoms with Gasteiger partial charge in [0.05, 0.1) is 24.1 Å². The maximum absolute atomic E-state index is 13.6. The molecule has 0 radical (unpaired) electrons. The molecule has 1 heterocycles. The van der Waals surface area contributed by atoms with Crippen LogP contribution in [0.4, 0.5) is 4.79 Å². The van der Waals surface area contributed by atoms with E-state index in [1.165, 1.54) is 6.07 Å². The summed E-state index contributed by atoms with van der Waals surface area (Å²) in [7, 11) is 0. The van der Waals surface area contributed by atoms with E-state index in [9.17, 15) is 24.3 Å². The monoisotopic (exact) mass is 625 g/mol. The van der Waals surface area contributed by atoms with E-state index >= 15 is 0 Å². The number of hydrogen-bond donors (Lipinski definition) is 5. The van der Waals surface area contributed by atoms with E-state index in [0.29, 0.717) is 16.6 Å². The Morgan fingerprint density at radius 1 is 0.848 bits per heavy atom. The smallest absolute Gasteiger partial charge is 0.391 e. The van der Waals surface area contributed by atoms with Gasteiger partial charge in [-0.25, -0.2) is 9.78 Å². The van der Waals surface area contributed by atoms with Crippen molar-refractivity contribution < 1.29 is 29.0 Å². The molecule has 240 valence electrons. The minimum Gasteiger partial charge on any atom is -0.391 e. The van der Waals surface area contributed by atoms with Gasteiger partial charge in [-0.05, 0) is 56.5 Å². The van der Waals surface area contributed by atoms with E-state index in [2.05, 4.69) is 20.9 Å². The minimum absolute atomic E-state index is 0.000900. The molecule has 11 nitrogen and oxygen atoms in total. The van der Waals surface area contributed by atoms with Crippen LogP contribution in [0.3, 0.4) is 0 Å². The third-order valence-corrected chi connectivity index (χ3v) is 7.05. The van der Waals surface area contributed by atoms with Crippen molar-refractivity contribution in [2.24, 2.45) is 5.73 Å². The summed E-state index contributed by atoms with van der Waals surface area (Å²) in [6.45, 7) is 5.62. The Kier molecular flexibility index (Phi) is 11.1. The second-order valence-electron chi connectivity index (χ2n) is 12.0. The maximum Gasteiger partial charge on any atom is 0.414 e. The Hall–Kier alpha value is -5.29. The zero-order chi connectivity index (χ0) is 33.3. The summed E-state index contributed by atoms with van der Waals surface area (Å²) in [5.41, 5.74) is 7.36. The lowest BCUT2D eigenvalue weighted by Crippen LogP contribution is -2.55. The molecule has 3 atom stereocenters. The number of fused-ring (bicyclic) bond motifs is 1. The van der Waals surface area contributed by atoms with Crippen molar-refractivity contribution in [3.63, 3.8) is 0 Å². The standard InChI is InChI=1S/C35H39N5O6/c1-35(2,3)40-32(43)25-15-9-7-14-24(25)20-29(41)27(19-22-11-5-4-6-12-22)38-33(44)28(21-30(36)42)39-34(45)46-31-18-17-23-13-8-10-16-26(23)37-31/h4-18,27-29,41H,19-21H2,1-3H3,(H2,36,42)(H,38,44)(H,39,45)(H,40,43)/t27-,28-,29+/m0/s1. The second-order valence-corrected chi connectivity index (χ2v) is 12.0. The van der Waals surface area contributed by atoms with Gasteiger partial charge < -0.3 is 31.5 Å². The van der Waals surface area contributed by atoms with Crippen LogP contribution in [-0.2, 0) is 22.4 Å². The molecular weight excluding hydrogens is 586 g/mol. The van der Waals surface area contributed by atoms with Crippen LogP contribution in [0.2, 0.25) is 0 Å². The summed E-state index contributed by atoms with van der Waals surface area (Å²) in [6, 6.07) is 24.4. The molecule has 1 aromatic heterocycles. The molecule has 0 saturated carbocycles. The molecule has 0 bridgehead atoms. The van der Waals surface area contributed by atoms with Crippen LogP contribution in [0.1, 0.15) is 48.7 Å². The number of carbonyl (C=O) groups excluding carboxylic acids is 4. The van der Waals surface area contributed by atoms with Crippen LogP contribution in [0.5, 0.6) is 5.88 Å². The Labute approximate surface area is 267 Å². The summed E-state index contributed by atoms with van der Waals surface area (Å²) < 4.78 is 5.30. The van der Waals surface area contributed by atoms with Gasteiger partial charge in [0.15, 0.2) is 0 Å². The average Bonchev–Trinajstić information content (AvgIpc) is 3.00. The summed E-state index contributed by atoms with van der Waals surface area (Å²) in [6.07, 6.45) is -2.43. The summed E-state index contributed by atoms with van der Waals surface area (Å²) >= 11 is 0. The Bertz CT molecular complexity index is 1690. The summed E-state index contributed by atoms with van der Waals surface area (Å²) in [5, 5.41) is 20.5. The largest absolute Gasteiger partial charge is 0.414 e. The number of ether oxygens (including phenoxy) is 1. The summed E-state index contributed by atoms with van der Waals surface area (Å²) in [5.74, 6) is -1.87. The Morgan fingerprint density at radius 2 is 1.52 bits per heavy atom. The fourth-order valence-corrected chi connectivity index (χ4v) is 4.91. The highest BCUT2D eigenvalue weighted by Crippen LogP contribution is 2.18. The number of primary amides is 1. The number of amides is 4. The lowest BCUT2D eigenvalue weighted by molar-refractivity contribution is -0.128. The topological polar surface area (TPSA) is 173 Å². The number of para-hydroxylation sites is 1. The predicted octanol–water partition coefficient (Wildman–Crippen LogP) is 3.43. The average molecular weight is 626 g/mol. The highest BCUT2D eigenvalue weighted by atomic mass is 16.6. The van der Waals surface area contributed by atoms with Crippen LogP contribution in [0.15, 0.2) is 91.0 Å². The number of carbonyl (C=O) groups is 4. The lowest BCUT2D eigenvalue weighted by atomic mass is 9.93. The van der Waals surface area contributed by atoms with Crippen molar-refractivity contribution in [3.8, 4) is 5.88 Å². The van der Waals surface area contributed by atoms with Gasteiger partial charge in [0.2, 0.25) is 17.7 Å². The molecule has 0 saturated heterocycles. The van der Waals surface area contributed by atoms with Gasteiger partial charge in [0.25, 0.3) is 5.91 Å². The van der Waals surface area contributed by atoms with Crippen molar-refractivity contribution in [3.05, 3.63) is 108 Å². The van der Waals surface area contributed by atoms with Crippen molar-refractivity contribution >= 4 is 34.7 Å². The lowest BCUT2D eigenvalue weighted by Gasteiger charge is -2.28. The second kappa shape index (κ2) is 15.1. The van der Waals surface area contributed by atoms with Crippen molar-refractivity contribution in [2.75, 3.05) is 0 Å². The molecule has 0 unspecified atom stereocenters. The quantitative estimate of drug-likeness (QED) is 0.160. The molecule has 0 aliphatic carbocycles. The highest BCUT2D eigenvalue weighted by molar-refractivity contribution is 5.96. The number of nitrogens with one attached hydrogen (secondary N) is 3. The van der Waals surface area contributed by atoms with E-state index in [4.69, 9.17) is 10.5 Å². The first kappa shape index (κ1) is 33.6. The van der Waals surface area contributed by atoms with E-state index in [1.54, 1.807) is 42.5 Å². The molecule has 0 spiro atoms. The Balaban J connectivity index is 1.52. The molecule has 46 heavy (non-hydrogen) atoms. The fourth-order valence-electron chi connectivity index (χ4n) is 4.91. The van der Waals surface area contributed by atoms with Crippen molar-refractivity contribution in [1.82, 2.24) is 20.9 Å². The van der Waals surface area contributed by atoms with Crippen LogP contribution in [0.25, 0.3) is 10.9 Å². The number of aromatic nitrogens is 1. The number of aliphatic hydroxyl groups is 1. The van der Waals surface area contributed by atoms with Gasteiger partial charge in [-0.15, -0.1) is 0 Å². The first-order chi connectivity index (χ1) is 21.9. The van der Waals surface area contributed by atoms with Crippen LogP contribution < -0.4 is 26.4 Å². The van der Waals surface area contributed by atoms with Gasteiger partial charge >= 0.3 is 6.09 Å². The van der Waals surface area contributed by atoms with Gasteiger partial charge in [0.1, 0.15) is 6.04 Å². The van der Waals surface area contributed by atoms with Gasteiger partial charge in [-0.1, -0.05) is 66.7 Å². The maximum atomic E-state index is 13.6. The zero-order valence-corrected chi connectivity index (χ0v) is 26.0. The molecule has 0 aliphatic heterocycles. The molecule has 4 aromatic rings. The number of hydrogen-bond acceptors (Lipinski definition) is 7. The third-order valence-electron chi connectivity index (χ3n) is 7.05. The van der Waals surface area contributed by atoms with Gasteiger partial charge in [-0.2, -0.15) is 0 Å². The molecule has 11 heteroatoms. The molecule has 6 N–H and O–H groups in total. The van der Waals surface area contributed by atoms with Gasteiger partial charge in [0, 0.05) is 29.0 Å². The third kappa shape index (κ3) is 9.86. The van der Waals surface area contributed by atoms with Crippen LogP contribution >= 0.6 is 0 Å². The molecule has 3 aromatic carbocycles. The van der Waals surface area contributed by atoms with E-state index in [0.717, 1.165) is 10.9 Å². The number of aliphatic hydroxyl groups excluding tert-OH is 1. The Morgan fingerprint density at radius 3 is 2.24 bits per heavy atom. The molecule has 0 aliphatic rings. The SMILES string of the molecule is CC(C)(C)NC(=O)c1ccccc1C[C@@H](O)[C@H](Cc1ccccc1)NC(=O)[C@H](CC(N)=O)NC(=O)Oc1ccc2ccccc2n1. The zero-order valence-electron chi connectivity index (χ0n) is 26.0. The number of rotatable bonds is 12. The predicted molar refractivity (Wildman–Crippen MR) is 174 cm³/mol. The van der Waals surface area contributed by atoms with Crippen LogP contribution in [0, 0.1) is 0 Å². The highest BCUT2D eigenvalue weighted by Gasteiger charge is 2.30. The number of pyridine rings is 1. The van der Waals surface area contributed by atoms with E-state index in [-0.39, 0.29) is 24.6 Å². The minimum atomic E-state index is -1.40. The van der Waals surface area contributed by atoms with E-state index in [1.807, 2.05) is 63.2 Å². The molecule has 0 fully saturated rings. The molecule has 4 amide bonds. The molecular formula is C35H39N5O6. The molecule has 4 rings (SSSR count). The first-order valence-electron chi connectivity index (χ1n) is 14.9. The van der Waals surface area contributed by atoms with Crippen LogP contribution in [-0.4, -0.2) is 57.6 Å². The first-order valence-corrected chi connectivity index (χ1v) is 14.9. The normalized spacial score (nSPS) is 13.2. The summed E-state index contributed by atoms with van der Waals surface area (Å²) in [4.78, 5) is 55.6. The fraction of sp³-hybridized carbons (Fsp3) is 0.286. The van der Waals surface area contributed by atoms with Crippen molar-refractivity contribution in [1.29, 1.82) is 0 Å². The van der Waals surface area contributed by atoms with E-state index < -0.39 is 48.1 Å². The van der Waals surface area contributed by atoms with Crippen molar-refractivity contribution in [2.45, 2.75) is 63.8 Å². The number of benzene rings is 3. The number of nitrogens with two attached hydrogens (primary N) is 1.